The quantitative estimate of drug-likeness (QED) is 0.394. The molecule has 0 fully saturated rings. The standard InChI is InChI=1S/C24H15ClF2N4O4/c25-16-4-5-19(17(9-16)13-2-1-3-14(8-13)24(33)34)35-7-6-31-22(21(26)27)30-18-12-29-11-15(10-28)20(18)23(31)32/h1-5,8-9,11-12,21H,6-7H2,(H,33,34). The predicted molar refractivity (Wildman–Crippen MR) is 123 cm³/mol. The maximum Gasteiger partial charge on any atom is 0.335 e. The summed E-state index contributed by atoms with van der Waals surface area (Å²) in [5.74, 6) is -1.57. The van der Waals surface area contributed by atoms with Crippen LogP contribution in [0.5, 0.6) is 5.75 Å². The molecule has 0 saturated carbocycles. The SMILES string of the molecule is N#Cc1cncc2nc(C(F)F)n(CCOc3ccc(Cl)cc3-c3cccc(C(=O)O)c3)c(=O)c12. The number of pyridine rings is 1. The van der Waals surface area contributed by atoms with Crippen molar-refractivity contribution in [2.24, 2.45) is 0 Å². The Morgan fingerprint density at radius 3 is 2.74 bits per heavy atom. The van der Waals surface area contributed by atoms with E-state index in [0.29, 0.717) is 21.9 Å². The summed E-state index contributed by atoms with van der Waals surface area (Å²) in [4.78, 5) is 31.9. The number of carboxylic acid groups (broad SMARTS) is 1. The molecule has 1 N–H and O–H groups in total. The molecule has 0 aliphatic carbocycles. The van der Waals surface area contributed by atoms with Crippen LogP contribution in [0.15, 0.2) is 59.7 Å². The number of hydrogen-bond acceptors (Lipinski definition) is 6. The molecule has 0 radical (unpaired) electrons. The van der Waals surface area contributed by atoms with Gasteiger partial charge in [-0.05, 0) is 35.9 Å². The van der Waals surface area contributed by atoms with Crippen LogP contribution in [0.1, 0.15) is 28.2 Å². The van der Waals surface area contributed by atoms with Gasteiger partial charge in [0.15, 0.2) is 5.82 Å². The second-order valence-electron chi connectivity index (χ2n) is 7.30. The van der Waals surface area contributed by atoms with E-state index in [-0.39, 0.29) is 35.2 Å². The lowest BCUT2D eigenvalue weighted by atomic mass is 10.0. The van der Waals surface area contributed by atoms with Crippen molar-refractivity contribution in [3.05, 3.63) is 87.2 Å². The summed E-state index contributed by atoms with van der Waals surface area (Å²) in [6, 6.07) is 12.7. The van der Waals surface area contributed by atoms with Crippen LogP contribution in [0.25, 0.3) is 22.0 Å². The predicted octanol–water partition coefficient (Wildman–Crippen LogP) is 4.70. The molecule has 35 heavy (non-hydrogen) atoms. The highest BCUT2D eigenvalue weighted by molar-refractivity contribution is 6.31. The Balaban J connectivity index is 1.68. The molecule has 0 aliphatic heterocycles. The first kappa shape index (κ1) is 23.8. The number of fused-ring (bicyclic) bond motifs is 1. The van der Waals surface area contributed by atoms with Gasteiger partial charge in [-0.15, -0.1) is 0 Å². The zero-order valence-electron chi connectivity index (χ0n) is 17.8. The molecule has 0 bridgehead atoms. The van der Waals surface area contributed by atoms with Crippen molar-refractivity contribution >= 4 is 28.5 Å². The lowest BCUT2D eigenvalue weighted by Crippen LogP contribution is -2.28. The zero-order valence-corrected chi connectivity index (χ0v) is 18.5. The van der Waals surface area contributed by atoms with Crippen LogP contribution in [-0.2, 0) is 6.54 Å². The van der Waals surface area contributed by atoms with Gasteiger partial charge >= 0.3 is 5.97 Å². The Labute approximate surface area is 201 Å². The Morgan fingerprint density at radius 2 is 2.03 bits per heavy atom. The number of hydrogen-bond donors (Lipinski definition) is 1. The van der Waals surface area contributed by atoms with Gasteiger partial charge in [0.25, 0.3) is 12.0 Å². The van der Waals surface area contributed by atoms with E-state index in [1.165, 1.54) is 18.3 Å². The molecule has 0 unspecified atom stereocenters. The van der Waals surface area contributed by atoms with Gasteiger partial charge < -0.3 is 9.84 Å². The van der Waals surface area contributed by atoms with Gasteiger partial charge in [-0.3, -0.25) is 14.3 Å². The first-order valence-electron chi connectivity index (χ1n) is 10.1. The van der Waals surface area contributed by atoms with Gasteiger partial charge in [0, 0.05) is 16.8 Å². The van der Waals surface area contributed by atoms with Crippen molar-refractivity contribution in [3.63, 3.8) is 0 Å². The number of halogens is 3. The van der Waals surface area contributed by atoms with Crippen LogP contribution in [0.4, 0.5) is 8.78 Å². The second kappa shape index (κ2) is 9.87. The van der Waals surface area contributed by atoms with Crippen LogP contribution in [0, 0.1) is 11.3 Å². The molecule has 4 rings (SSSR count). The fourth-order valence-electron chi connectivity index (χ4n) is 3.57. The molecule has 8 nitrogen and oxygen atoms in total. The number of alkyl halides is 2. The van der Waals surface area contributed by atoms with Gasteiger partial charge in [0.1, 0.15) is 18.4 Å². The molecule has 2 aromatic carbocycles. The topological polar surface area (TPSA) is 118 Å². The smallest absolute Gasteiger partial charge is 0.335 e. The minimum atomic E-state index is -3.05. The zero-order chi connectivity index (χ0) is 25.1. The summed E-state index contributed by atoms with van der Waals surface area (Å²) in [6.07, 6.45) is -0.739. The Kier molecular flexibility index (Phi) is 6.71. The lowest BCUT2D eigenvalue weighted by Gasteiger charge is -2.16. The highest BCUT2D eigenvalue weighted by Crippen LogP contribution is 2.33. The highest BCUT2D eigenvalue weighted by Gasteiger charge is 2.21. The third kappa shape index (κ3) is 4.81. The van der Waals surface area contributed by atoms with Crippen molar-refractivity contribution in [2.75, 3.05) is 6.61 Å². The molecule has 0 aliphatic rings. The largest absolute Gasteiger partial charge is 0.491 e. The van der Waals surface area contributed by atoms with Crippen LogP contribution < -0.4 is 10.3 Å². The molecule has 4 aromatic rings. The van der Waals surface area contributed by atoms with Crippen molar-refractivity contribution in [1.29, 1.82) is 5.26 Å². The fourth-order valence-corrected chi connectivity index (χ4v) is 3.74. The normalized spacial score (nSPS) is 10.9. The van der Waals surface area contributed by atoms with Crippen molar-refractivity contribution in [3.8, 4) is 22.9 Å². The number of rotatable bonds is 7. The number of carbonyl (C=O) groups is 1. The third-order valence-corrected chi connectivity index (χ3v) is 5.38. The van der Waals surface area contributed by atoms with E-state index in [0.717, 1.165) is 10.8 Å². The molecular formula is C24H15ClF2N4O4. The minimum absolute atomic E-state index is 0.0616. The van der Waals surface area contributed by atoms with Crippen molar-refractivity contribution in [2.45, 2.75) is 13.0 Å². The lowest BCUT2D eigenvalue weighted by molar-refractivity contribution is 0.0697. The average molecular weight is 497 g/mol. The number of benzene rings is 2. The van der Waals surface area contributed by atoms with Gasteiger partial charge in [0.05, 0.1) is 34.8 Å². The van der Waals surface area contributed by atoms with Gasteiger partial charge in [0.2, 0.25) is 0 Å². The first-order chi connectivity index (χ1) is 16.8. The molecule has 11 heteroatoms. The van der Waals surface area contributed by atoms with E-state index in [2.05, 4.69) is 9.97 Å². The Morgan fingerprint density at radius 1 is 1.23 bits per heavy atom. The molecule has 0 saturated heterocycles. The summed E-state index contributed by atoms with van der Waals surface area (Å²) in [5.41, 5.74) is 0.0846. The molecule has 2 heterocycles. The van der Waals surface area contributed by atoms with Crippen LogP contribution in [0.3, 0.4) is 0 Å². The molecular weight excluding hydrogens is 482 g/mol. The van der Waals surface area contributed by atoms with E-state index in [1.807, 2.05) is 6.07 Å². The highest BCUT2D eigenvalue weighted by atomic mass is 35.5. The molecule has 0 amide bonds. The monoisotopic (exact) mass is 496 g/mol. The van der Waals surface area contributed by atoms with E-state index in [1.54, 1.807) is 30.3 Å². The average Bonchev–Trinajstić information content (AvgIpc) is 2.85. The van der Waals surface area contributed by atoms with Gasteiger partial charge in [-0.1, -0.05) is 23.7 Å². The number of carboxylic acids is 1. The maximum atomic E-state index is 13.7. The number of nitriles is 1. The number of nitrogens with zero attached hydrogens (tertiary/aromatic N) is 4. The maximum absolute atomic E-state index is 13.7. The Bertz CT molecular complexity index is 1550. The number of aromatic carboxylic acids is 1. The summed E-state index contributed by atoms with van der Waals surface area (Å²) in [5, 5.41) is 18.8. The third-order valence-electron chi connectivity index (χ3n) is 5.15. The first-order valence-corrected chi connectivity index (χ1v) is 10.5. The summed E-state index contributed by atoms with van der Waals surface area (Å²) in [6.45, 7) is -0.487. The van der Waals surface area contributed by atoms with E-state index >= 15 is 0 Å². The summed E-state index contributed by atoms with van der Waals surface area (Å²) >= 11 is 6.12. The fraction of sp³-hybridized carbons (Fsp3) is 0.125. The van der Waals surface area contributed by atoms with E-state index in [4.69, 9.17) is 16.3 Å². The molecule has 0 atom stereocenters. The van der Waals surface area contributed by atoms with Crippen molar-refractivity contribution < 1.29 is 23.4 Å². The van der Waals surface area contributed by atoms with Crippen molar-refractivity contribution in [1.82, 2.24) is 14.5 Å². The van der Waals surface area contributed by atoms with Crippen LogP contribution in [-0.4, -0.2) is 32.2 Å². The van der Waals surface area contributed by atoms with Gasteiger partial charge in [-0.2, -0.15) is 5.26 Å². The number of aromatic nitrogens is 3. The minimum Gasteiger partial charge on any atom is -0.491 e. The van der Waals surface area contributed by atoms with Crippen LogP contribution in [0.2, 0.25) is 5.02 Å². The Hall–Kier alpha value is -4.36. The van der Waals surface area contributed by atoms with E-state index in [9.17, 15) is 28.7 Å². The van der Waals surface area contributed by atoms with E-state index < -0.39 is 23.8 Å². The summed E-state index contributed by atoms with van der Waals surface area (Å²) < 4.78 is 33.9. The molecule has 176 valence electrons. The second-order valence-corrected chi connectivity index (χ2v) is 7.73. The molecule has 2 aromatic heterocycles. The number of ether oxygens (including phenoxy) is 1. The van der Waals surface area contributed by atoms with Gasteiger partial charge in [-0.25, -0.2) is 18.6 Å². The molecule has 0 spiro atoms. The summed E-state index contributed by atoms with van der Waals surface area (Å²) in [7, 11) is 0. The van der Waals surface area contributed by atoms with Crippen LogP contribution >= 0.6 is 11.6 Å².